The molecule has 0 heterocycles. The fraction of sp³-hybridized carbons (Fsp3) is 0.875. The predicted molar refractivity (Wildman–Crippen MR) is 40.3 cm³/mol. The highest BCUT2D eigenvalue weighted by molar-refractivity contribution is 4.68. The van der Waals surface area contributed by atoms with E-state index in [1.54, 1.807) is 0 Å². The quantitative estimate of drug-likeness (QED) is 0.566. The third-order valence-electron chi connectivity index (χ3n) is 1.30. The molecule has 9 heavy (non-hydrogen) atoms. The predicted octanol–water partition coefficient (Wildman–Crippen LogP) is 2.42. The number of ether oxygens (including phenoxy) is 1. The molecule has 1 nitrogen and oxygen atoms in total. The average Bonchev–Trinajstić information content (AvgIpc) is 1.84. The van der Waals surface area contributed by atoms with Crippen LogP contribution in [0.3, 0.4) is 0 Å². The van der Waals surface area contributed by atoms with Crippen LogP contribution in [0.5, 0.6) is 0 Å². The van der Waals surface area contributed by atoms with E-state index in [0.717, 1.165) is 19.4 Å². The van der Waals surface area contributed by atoms with E-state index in [1.165, 1.54) is 0 Å². The van der Waals surface area contributed by atoms with Crippen LogP contribution in [0.4, 0.5) is 0 Å². The van der Waals surface area contributed by atoms with Crippen molar-refractivity contribution in [3.63, 3.8) is 0 Å². The van der Waals surface area contributed by atoms with Crippen molar-refractivity contribution >= 4 is 0 Å². The highest BCUT2D eigenvalue weighted by Gasteiger charge is 2.13. The highest BCUT2D eigenvalue weighted by atomic mass is 16.5. The van der Waals surface area contributed by atoms with Crippen molar-refractivity contribution in [2.24, 2.45) is 0 Å². The first-order valence-electron chi connectivity index (χ1n) is 3.55. The zero-order valence-corrected chi connectivity index (χ0v) is 6.74. The minimum Gasteiger partial charge on any atom is -0.376 e. The molecule has 0 atom stereocenters. The Balaban J connectivity index is 3.33. The number of hydrogen-bond acceptors (Lipinski definition) is 1. The van der Waals surface area contributed by atoms with Crippen LogP contribution in [0.15, 0.2) is 0 Å². The smallest absolute Gasteiger partial charge is 0.0626 e. The van der Waals surface area contributed by atoms with Gasteiger partial charge in [-0.1, -0.05) is 13.8 Å². The van der Waals surface area contributed by atoms with E-state index in [0.29, 0.717) is 0 Å². The topological polar surface area (TPSA) is 9.23 Å². The molecular formula is C8H17O. The minimum atomic E-state index is -0.0178. The molecular weight excluding hydrogens is 112 g/mol. The van der Waals surface area contributed by atoms with Crippen LogP contribution >= 0.6 is 0 Å². The van der Waals surface area contributed by atoms with Crippen molar-refractivity contribution in [2.75, 3.05) is 6.61 Å². The van der Waals surface area contributed by atoms with E-state index >= 15 is 0 Å². The molecule has 0 aromatic heterocycles. The van der Waals surface area contributed by atoms with Gasteiger partial charge in [0.2, 0.25) is 0 Å². The Morgan fingerprint density at radius 2 is 2.00 bits per heavy atom. The second-order valence-corrected chi connectivity index (χ2v) is 2.86. The van der Waals surface area contributed by atoms with Crippen molar-refractivity contribution in [1.29, 1.82) is 0 Å². The maximum atomic E-state index is 5.47. The third kappa shape index (κ3) is 4.46. The van der Waals surface area contributed by atoms with Gasteiger partial charge < -0.3 is 4.74 Å². The van der Waals surface area contributed by atoms with E-state index in [1.807, 2.05) is 0 Å². The lowest BCUT2D eigenvalue weighted by molar-refractivity contribution is -0.0151. The highest BCUT2D eigenvalue weighted by Crippen LogP contribution is 2.12. The van der Waals surface area contributed by atoms with Crippen LogP contribution in [0.2, 0.25) is 0 Å². The Morgan fingerprint density at radius 1 is 1.44 bits per heavy atom. The Bertz CT molecular complexity index is 67.0. The first-order valence-corrected chi connectivity index (χ1v) is 3.55. The van der Waals surface area contributed by atoms with E-state index < -0.39 is 0 Å². The van der Waals surface area contributed by atoms with Gasteiger partial charge in [-0.3, -0.25) is 0 Å². The summed E-state index contributed by atoms with van der Waals surface area (Å²) in [6.45, 7) is 10.9. The van der Waals surface area contributed by atoms with Gasteiger partial charge in [0.15, 0.2) is 0 Å². The van der Waals surface area contributed by atoms with Crippen molar-refractivity contribution < 1.29 is 4.74 Å². The lowest BCUT2D eigenvalue weighted by Crippen LogP contribution is -2.23. The van der Waals surface area contributed by atoms with Crippen molar-refractivity contribution in [2.45, 2.75) is 39.2 Å². The SMILES string of the molecule is [CH2]CC(C)(C)OCCC. The van der Waals surface area contributed by atoms with Gasteiger partial charge in [0.1, 0.15) is 0 Å². The molecule has 0 fully saturated rings. The number of rotatable bonds is 4. The fourth-order valence-electron chi connectivity index (χ4n) is 0.451. The molecule has 0 saturated carbocycles. The Kier molecular flexibility index (Phi) is 3.87. The molecule has 55 valence electrons. The normalized spacial score (nSPS) is 12.0. The molecule has 0 rings (SSSR count). The Hall–Kier alpha value is -0.0400. The van der Waals surface area contributed by atoms with Crippen molar-refractivity contribution in [3.8, 4) is 0 Å². The zero-order valence-electron chi connectivity index (χ0n) is 6.74. The molecule has 0 spiro atoms. The summed E-state index contributed by atoms with van der Waals surface area (Å²) in [5.74, 6) is 0. The first-order chi connectivity index (χ1) is 4.12. The third-order valence-corrected chi connectivity index (χ3v) is 1.30. The van der Waals surface area contributed by atoms with Gasteiger partial charge in [0.25, 0.3) is 0 Å². The summed E-state index contributed by atoms with van der Waals surface area (Å²) in [5, 5.41) is 0. The van der Waals surface area contributed by atoms with Gasteiger partial charge in [-0.05, 0) is 26.7 Å². The average molecular weight is 129 g/mol. The molecule has 0 amide bonds. The maximum Gasteiger partial charge on any atom is 0.0626 e. The molecule has 1 radical (unpaired) electrons. The van der Waals surface area contributed by atoms with E-state index in [9.17, 15) is 0 Å². The second-order valence-electron chi connectivity index (χ2n) is 2.86. The van der Waals surface area contributed by atoms with Crippen molar-refractivity contribution in [1.82, 2.24) is 0 Å². The van der Waals surface area contributed by atoms with Crippen LogP contribution < -0.4 is 0 Å². The molecule has 0 aromatic carbocycles. The summed E-state index contributed by atoms with van der Waals surface area (Å²) < 4.78 is 5.47. The molecule has 0 saturated heterocycles. The lowest BCUT2D eigenvalue weighted by atomic mass is 10.1. The molecule has 0 aromatic rings. The van der Waals surface area contributed by atoms with Crippen LogP contribution in [-0.4, -0.2) is 12.2 Å². The lowest BCUT2D eigenvalue weighted by Gasteiger charge is -2.22. The summed E-state index contributed by atoms with van der Waals surface area (Å²) in [6.07, 6.45) is 1.93. The van der Waals surface area contributed by atoms with Crippen molar-refractivity contribution in [3.05, 3.63) is 6.92 Å². The van der Waals surface area contributed by atoms with Gasteiger partial charge in [0.05, 0.1) is 5.60 Å². The number of hydrogen-bond donors (Lipinski definition) is 0. The monoisotopic (exact) mass is 129 g/mol. The van der Waals surface area contributed by atoms with Gasteiger partial charge in [-0.25, -0.2) is 0 Å². The minimum absolute atomic E-state index is 0.0178. The molecule has 0 aliphatic heterocycles. The van der Waals surface area contributed by atoms with Gasteiger partial charge in [0, 0.05) is 6.61 Å². The molecule has 0 unspecified atom stereocenters. The first kappa shape index (κ1) is 8.96. The van der Waals surface area contributed by atoms with Crippen LogP contribution in [0, 0.1) is 6.92 Å². The molecule has 0 aliphatic rings. The largest absolute Gasteiger partial charge is 0.376 e. The van der Waals surface area contributed by atoms with E-state index in [-0.39, 0.29) is 5.60 Å². The summed E-state index contributed by atoms with van der Waals surface area (Å²) >= 11 is 0. The summed E-state index contributed by atoms with van der Waals surface area (Å²) in [6, 6.07) is 0. The summed E-state index contributed by atoms with van der Waals surface area (Å²) in [4.78, 5) is 0. The van der Waals surface area contributed by atoms with Gasteiger partial charge in [-0.2, -0.15) is 0 Å². The zero-order chi connectivity index (χ0) is 7.33. The van der Waals surface area contributed by atoms with Crippen LogP contribution in [-0.2, 0) is 4.74 Å². The van der Waals surface area contributed by atoms with E-state index in [4.69, 9.17) is 4.74 Å². The standard InChI is InChI=1S/C8H17O/c1-5-7-9-8(3,4)6-2/h2,5-7H2,1,3-4H3. The molecule has 0 aliphatic carbocycles. The Labute approximate surface area is 58.4 Å². The second kappa shape index (κ2) is 3.89. The van der Waals surface area contributed by atoms with Crippen LogP contribution in [0.25, 0.3) is 0 Å². The van der Waals surface area contributed by atoms with E-state index in [2.05, 4.69) is 27.7 Å². The maximum absolute atomic E-state index is 5.47. The Morgan fingerprint density at radius 3 is 2.33 bits per heavy atom. The molecule has 0 bridgehead atoms. The summed E-state index contributed by atoms with van der Waals surface area (Å²) in [7, 11) is 0. The molecule has 0 N–H and O–H groups in total. The van der Waals surface area contributed by atoms with Gasteiger partial charge >= 0.3 is 0 Å². The summed E-state index contributed by atoms with van der Waals surface area (Å²) in [5.41, 5.74) is -0.0178. The molecule has 1 heteroatoms. The van der Waals surface area contributed by atoms with Crippen LogP contribution in [0.1, 0.15) is 33.6 Å². The van der Waals surface area contributed by atoms with Gasteiger partial charge in [-0.15, -0.1) is 0 Å². The fourth-order valence-corrected chi connectivity index (χ4v) is 0.451.